The van der Waals surface area contributed by atoms with E-state index in [-0.39, 0.29) is 18.4 Å². The maximum atomic E-state index is 12.8. The summed E-state index contributed by atoms with van der Waals surface area (Å²) in [4.78, 5) is 28.8. The fourth-order valence-corrected chi connectivity index (χ4v) is 3.82. The van der Waals surface area contributed by atoms with E-state index >= 15 is 0 Å². The Hall–Kier alpha value is -2.87. The van der Waals surface area contributed by atoms with Gasteiger partial charge in [0, 0.05) is 32.2 Å². The first kappa shape index (κ1) is 22.8. The number of nitrogens with zero attached hydrogens (tertiary/aromatic N) is 3. The number of carbonyl (C=O) groups excluding carboxylic acids is 2. The summed E-state index contributed by atoms with van der Waals surface area (Å²) in [6.07, 6.45) is -0.561. The summed E-state index contributed by atoms with van der Waals surface area (Å²) >= 11 is 0. The van der Waals surface area contributed by atoms with E-state index in [1.807, 2.05) is 17.0 Å². The molecule has 2 aromatic rings. The van der Waals surface area contributed by atoms with Crippen LogP contribution in [-0.2, 0) is 9.59 Å². The summed E-state index contributed by atoms with van der Waals surface area (Å²) < 4.78 is 10.9. The molecule has 1 aromatic carbocycles. The van der Waals surface area contributed by atoms with Gasteiger partial charge in [-0.2, -0.15) is 0 Å². The van der Waals surface area contributed by atoms with Gasteiger partial charge in [0.25, 0.3) is 5.91 Å². The minimum Gasteiger partial charge on any atom is -0.481 e. The zero-order chi connectivity index (χ0) is 22.5. The molecule has 1 unspecified atom stereocenters. The molecule has 0 aliphatic carbocycles. The number of rotatable bonds is 7. The zero-order valence-corrected chi connectivity index (χ0v) is 19.0. The second-order valence-corrected chi connectivity index (χ2v) is 8.41. The summed E-state index contributed by atoms with van der Waals surface area (Å²) in [7, 11) is 0. The van der Waals surface area contributed by atoms with Crippen molar-refractivity contribution >= 4 is 17.6 Å². The van der Waals surface area contributed by atoms with Gasteiger partial charge >= 0.3 is 0 Å². The van der Waals surface area contributed by atoms with Crippen molar-refractivity contribution in [1.29, 1.82) is 0 Å². The van der Waals surface area contributed by atoms with Crippen molar-refractivity contribution in [2.24, 2.45) is 0 Å². The Morgan fingerprint density at radius 1 is 1.13 bits per heavy atom. The quantitative estimate of drug-likeness (QED) is 0.730. The van der Waals surface area contributed by atoms with Gasteiger partial charge in [0.2, 0.25) is 5.91 Å². The maximum absolute atomic E-state index is 12.8. The van der Waals surface area contributed by atoms with Gasteiger partial charge in [-0.05, 0) is 49.9 Å². The van der Waals surface area contributed by atoms with Crippen LogP contribution < -0.4 is 10.1 Å². The van der Waals surface area contributed by atoms with Crippen LogP contribution >= 0.6 is 0 Å². The third kappa shape index (κ3) is 6.07. The molecule has 0 spiro atoms. The Labute approximate surface area is 183 Å². The third-order valence-electron chi connectivity index (χ3n) is 5.47. The first-order valence-electron chi connectivity index (χ1n) is 10.7. The number of hydrogen-bond donors (Lipinski definition) is 1. The van der Waals surface area contributed by atoms with E-state index in [9.17, 15) is 9.59 Å². The normalized spacial score (nSPS) is 15.7. The third-order valence-corrected chi connectivity index (χ3v) is 5.47. The molecule has 8 nitrogen and oxygen atoms in total. The van der Waals surface area contributed by atoms with Gasteiger partial charge in [-0.3, -0.25) is 14.5 Å². The minimum atomic E-state index is -0.561. The Bertz CT molecular complexity index is 916. The molecular weight excluding hydrogens is 396 g/mol. The Morgan fingerprint density at radius 3 is 2.42 bits per heavy atom. The Kier molecular flexibility index (Phi) is 7.33. The van der Waals surface area contributed by atoms with E-state index in [0.717, 1.165) is 0 Å². The molecule has 31 heavy (non-hydrogen) atoms. The van der Waals surface area contributed by atoms with E-state index in [1.165, 1.54) is 11.1 Å². The number of amides is 2. The van der Waals surface area contributed by atoms with Gasteiger partial charge in [-0.1, -0.05) is 25.1 Å². The molecule has 0 saturated carbocycles. The summed E-state index contributed by atoms with van der Waals surface area (Å²) in [5.41, 5.74) is 2.45. The van der Waals surface area contributed by atoms with Crippen molar-refractivity contribution in [3.05, 3.63) is 41.2 Å². The van der Waals surface area contributed by atoms with Crippen molar-refractivity contribution in [3.8, 4) is 5.75 Å². The van der Waals surface area contributed by atoms with Crippen LogP contribution in [0.3, 0.4) is 0 Å². The predicted molar refractivity (Wildman–Crippen MR) is 118 cm³/mol. The molecule has 1 aliphatic rings. The molecular formula is C23H32N4O4. The number of aromatic nitrogens is 1. The molecule has 3 rings (SSSR count). The molecule has 0 bridgehead atoms. The fourth-order valence-electron chi connectivity index (χ4n) is 3.82. The molecule has 0 radical (unpaired) electrons. The summed E-state index contributed by atoms with van der Waals surface area (Å²) in [5, 5.41) is 6.48. The van der Waals surface area contributed by atoms with Crippen molar-refractivity contribution < 1.29 is 18.8 Å². The molecule has 1 aliphatic heterocycles. The molecule has 2 heterocycles. The number of hydrogen-bond acceptors (Lipinski definition) is 6. The van der Waals surface area contributed by atoms with E-state index < -0.39 is 6.10 Å². The van der Waals surface area contributed by atoms with Crippen LogP contribution in [0.1, 0.15) is 43.6 Å². The Balaban J connectivity index is 1.46. The Morgan fingerprint density at radius 2 is 1.84 bits per heavy atom. The van der Waals surface area contributed by atoms with Crippen LogP contribution in [0.15, 0.2) is 28.8 Å². The minimum absolute atomic E-state index is 0.0345. The predicted octanol–water partition coefficient (Wildman–Crippen LogP) is 2.97. The number of nitrogens with one attached hydrogen (secondary N) is 1. The number of piperazine rings is 1. The van der Waals surface area contributed by atoms with Gasteiger partial charge in [-0.25, -0.2) is 0 Å². The molecule has 1 fully saturated rings. The van der Waals surface area contributed by atoms with E-state index in [2.05, 4.69) is 37.3 Å². The zero-order valence-electron chi connectivity index (χ0n) is 19.0. The number of anilines is 1. The molecule has 1 atom stereocenters. The lowest BCUT2D eigenvalue weighted by molar-refractivity contribution is -0.139. The number of benzene rings is 1. The maximum Gasteiger partial charge on any atom is 0.263 e. The first-order valence-corrected chi connectivity index (χ1v) is 10.7. The van der Waals surface area contributed by atoms with Crippen molar-refractivity contribution in [2.45, 2.75) is 46.6 Å². The SMILES string of the molecule is Cc1cc(NC(=O)CN2CCN(C(=O)C(C)Oc3ccc(C(C)C)c(C)c3)CC2)no1. The largest absolute Gasteiger partial charge is 0.481 e. The first-order chi connectivity index (χ1) is 14.7. The van der Waals surface area contributed by atoms with Crippen molar-refractivity contribution in [2.75, 3.05) is 38.0 Å². The van der Waals surface area contributed by atoms with Crippen LogP contribution in [0.2, 0.25) is 0 Å². The highest BCUT2D eigenvalue weighted by atomic mass is 16.5. The van der Waals surface area contributed by atoms with Gasteiger partial charge in [0.15, 0.2) is 11.9 Å². The van der Waals surface area contributed by atoms with Crippen molar-refractivity contribution in [1.82, 2.24) is 15.0 Å². The molecule has 168 valence electrons. The van der Waals surface area contributed by atoms with Gasteiger partial charge < -0.3 is 19.5 Å². The molecule has 2 amide bonds. The number of ether oxygens (including phenoxy) is 1. The van der Waals surface area contributed by atoms with E-state index in [1.54, 1.807) is 24.8 Å². The topological polar surface area (TPSA) is 87.9 Å². The standard InChI is InChI=1S/C23H32N4O4/c1-15(2)20-7-6-19(12-16(20)3)30-18(5)23(29)27-10-8-26(9-11-27)14-22(28)24-21-13-17(4)31-25-21/h6-7,12-13,15,18H,8-11,14H2,1-5H3,(H,24,25,28). The highest BCUT2D eigenvalue weighted by molar-refractivity contribution is 5.91. The highest BCUT2D eigenvalue weighted by Crippen LogP contribution is 2.24. The summed E-state index contributed by atoms with van der Waals surface area (Å²) in [6, 6.07) is 7.66. The monoisotopic (exact) mass is 428 g/mol. The van der Waals surface area contributed by atoms with Gasteiger partial charge in [-0.15, -0.1) is 0 Å². The number of aryl methyl sites for hydroxylation is 2. The second-order valence-electron chi connectivity index (χ2n) is 8.41. The van der Waals surface area contributed by atoms with Crippen LogP contribution in [0.4, 0.5) is 5.82 Å². The molecule has 1 N–H and O–H groups in total. The molecule has 1 saturated heterocycles. The second kappa shape index (κ2) is 9.96. The average Bonchev–Trinajstić information content (AvgIpc) is 3.12. The summed E-state index contributed by atoms with van der Waals surface area (Å²) in [6.45, 7) is 12.6. The lowest BCUT2D eigenvalue weighted by Gasteiger charge is -2.35. The van der Waals surface area contributed by atoms with Gasteiger partial charge in [0.05, 0.1) is 6.54 Å². The summed E-state index contributed by atoms with van der Waals surface area (Å²) in [5.74, 6) is 2.04. The lowest BCUT2D eigenvalue weighted by atomic mass is 9.98. The molecule has 1 aromatic heterocycles. The smallest absolute Gasteiger partial charge is 0.263 e. The lowest BCUT2D eigenvalue weighted by Crippen LogP contribution is -2.53. The van der Waals surface area contributed by atoms with Crippen LogP contribution in [0.25, 0.3) is 0 Å². The van der Waals surface area contributed by atoms with E-state index in [0.29, 0.717) is 49.4 Å². The van der Waals surface area contributed by atoms with E-state index in [4.69, 9.17) is 9.26 Å². The molecule has 8 heteroatoms. The van der Waals surface area contributed by atoms with Gasteiger partial charge in [0.1, 0.15) is 11.5 Å². The highest BCUT2D eigenvalue weighted by Gasteiger charge is 2.27. The average molecular weight is 429 g/mol. The van der Waals surface area contributed by atoms with Crippen LogP contribution in [0.5, 0.6) is 5.75 Å². The fraction of sp³-hybridized carbons (Fsp3) is 0.522. The number of carbonyl (C=O) groups is 2. The van der Waals surface area contributed by atoms with Crippen molar-refractivity contribution in [3.63, 3.8) is 0 Å². The van der Waals surface area contributed by atoms with Crippen LogP contribution in [-0.4, -0.2) is 65.6 Å². The van der Waals surface area contributed by atoms with Crippen LogP contribution in [0, 0.1) is 13.8 Å².